The van der Waals surface area contributed by atoms with Crippen LogP contribution in [-0.2, 0) is 14.3 Å². The van der Waals surface area contributed by atoms with Gasteiger partial charge in [0, 0.05) is 6.42 Å². The van der Waals surface area contributed by atoms with E-state index in [1.165, 1.54) is 32.8 Å². The fourth-order valence-electron chi connectivity index (χ4n) is 2.34. The summed E-state index contributed by atoms with van der Waals surface area (Å²) in [5, 5.41) is 0. The average Bonchev–Trinajstić information content (AvgIpc) is 2.93. The smallest absolute Gasteiger partial charge is 0.305 e. The normalized spacial score (nSPS) is 35.6. The van der Waals surface area contributed by atoms with Crippen LogP contribution in [0.1, 0.15) is 38.5 Å². The molecular formula is C11H18O3. The Morgan fingerprint density at radius 1 is 1.29 bits per heavy atom. The molecule has 0 aromatic heterocycles. The van der Waals surface area contributed by atoms with Gasteiger partial charge in [0.1, 0.15) is 0 Å². The average molecular weight is 198 g/mol. The van der Waals surface area contributed by atoms with E-state index in [0.29, 0.717) is 24.5 Å². The van der Waals surface area contributed by atoms with Crippen molar-refractivity contribution in [2.24, 2.45) is 5.92 Å². The van der Waals surface area contributed by atoms with E-state index in [1.54, 1.807) is 0 Å². The molecule has 1 aliphatic heterocycles. The number of ether oxygens (including phenoxy) is 2. The summed E-state index contributed by atoms with van der Waals surface area (Å²) < 4.78 is 10.1. The Kier molecular flexibility index (Phi) is 3.06. The first-order valence-electron chi connectivity index (χ1n) is 5.52. The highest BCUT2D eigenvalue weighted by Gasteiger charge is 2.40. The predicted octanol–water partition coefficient (Wildman–Crippen LogP) is 1.90. The Labute approximate surface area is 84.8 Å². The van der Waals surface area contributed by atoms with Crippen LogP contribution in [0.2, 0.25) is 0 Å². The number of hydrogen-bond acceptors (Lipinski definition) is 3. The minimum absolute atomic E-state index is 0.0735. The van der Waals surface area contributed by atoms with Crippen molar-refractivity contribution < 1.29 is 14.3 Å². The molecule has 80 valence electrons. The molecule has 1 aliphatic carbocycles. The highest BCUT2D eigenvalue weighted by Crippen LogP contribution is 2.38. The van der Waals surface area contributed by atoms with Gasteiger partial charge in [-0.3, -0.25) is 4.79 Å². The summed E-state index contributed by atoms with van der Waals surface area (Å²) in [5.41, 5.74) is 0. The molecule has 1 saturated carbocycles. The Morgan fingerprint density at radius 3 is 2.50 bits per heavy atom. The number of esters is 1. The first-order valence-corrected chi connectivity index (χ1v) is 5.52. The molecule has 1 saturated heterocycles. The van der Waals surface area contributed by atoms with Crippen molar-refractivity contribution in [3.8, 4) is 0 Å². The highest BCUT2D eigenvalue weighted by atomic mass is 16.6. The Hall–Kier alpha value is -0.570. The predicted molar refractivity (Wildman–Crippen MR) is 51.9 cm³/mol. The van der Waals surface area contributed by atoms with Gasteiger partial charge in [-0.05, 0) is 38.0 Å². The summed E-state index contributed by atoms with van der Waals surface area (Å²) in [5.74, 6) is 0.640. The van der Waals surface area contributed by atoms with Crippen LogP contribution in [0.5, 0.6) is 0 Å². The zero-order chi connectivity index (χ0) is 9.97. The van der Waals surface area contributed by atoms with Crippen molar-refractivity contribution >= 4 is 5.97 Å². The molecule has 2 fully saturated rings. The van der Waals surface area contributed by atoms with Crippen LogP contribution in [0.4, 0.5) is 0 Å². The van der Waals surface area contributed by atoms with Gasteiger partial charge in [-0.15, -0.1) is 0 Å². The number of methoxy groups -OCH3 is 1. The van der Waals surface area contributed by atoms with Crippen LogP contribution in [0.3, 0.4) is 0 Å². The molecule has 1 heterocycles. The maximum atomic E-state index is 11.0. The molecule has 2 unspecified atom stereocenters. The van der Waals surface area contributed by atoms with Gasteiger partial charge >= 0.3 is 5.97 Å². The van der Waals surface area contributed by atoms with Gasteiger partial charge in [-0.1, -0.05) is 0 Å². The van der Waals surface area contributed by atoms with E-state index in [4.69, 9.17) is 4.74 Å². The Morgan fingerprint density at radius 2 is 1.93 bits per heavy atom. The van der Waals surface area contributed by atoms with Gasteiger partial charge in [0.05, 0.1) is 19.3 Å². The van der Waals surface area contributed by atoms with E-state index < -0.39 is 0 Å². The van der Waals surface area contributed by atoms with Crippen LogP contribution < -0.4 is 0 Å². The number of epoxide rings is 1. The Bertz CT molecular complexity index is 203. The van der Waals surface area contributed by atoms with Crippen LogP contribution in [0.25, 0.3) is 0 Å². The molecule has 0 radical (unpaired) electrons. The fraction of sp³-hybridized carbons (Fsp3) is 0.909. The number of rotatable bonds is 3. The van der Waals surface area contributed by atoms with Gasteiger partial charge in [0.15, 0.2) is 0 Å². The summed E-state index contributed by atoms with van der Waals surface area (Å²) in [6, 6.07) is 0. The summed E-state index contributed by atoms with van der Waals surface area (Å²) in [6.45, 7) is 0. The number of hydrogen-bond donors (Lipinski definition) is 0. The summed E-state index contributed by atoms with van der Waals surface area (Å²) in [6.07, 6.45) is 7.50. The minimum Gasteiger partial charge on any atom is -0.469 e. The van der Waals surface area contributed by atoms with E-state index in [2.05, 4.69) is 4.74 Å². The van der Waals surface area contributed by atoms with E-state index >= 15 is 0 Å². The quantitative estimate of drug-likeness (QED) is 0.513. The molecule has 2 rings (SSSR count). The van der Waals surface area contributed by atoms with Crippen molar-refractivity contribution in [2.45, 2.75) is 50.7 Å². The zero-order valence-corrected chi connectivity index (χ0v) is 8.70. The molecule has 2 aliphatic rings. The van der Waals surface area contributed by atoms with Crippen LogP contribution in [-0.4, -0.2) is 25.3 Å². The monoisotopic (exact) mass is 198 g/mol. The van der Waals surface area contributed by atoms with E-state index in [0.717, 1.165) is 6.42 Å². The Balaban J connectivity index is 1.67. The van der Waals surface area contributed by atoms with Crippen molar-refractivity contribution in [1.29, 1.82) is 0 Å². The topological polar surface area (TPSA) is 38.8 Å². The molecule has 0 spiro atoms. The van der Waals surface area contributed by atoms with Gasteiger partial charge in [-0.2, -0.15) is 0 Å². The number of carbonyl (C=O) groups is 1. The van der Waals surface area contributed by atoms with Gasteiger partial charge in [-0.25, -0.2) is 0 Å². The van der Waals surface area contributed by atoms with E-state index in [9.17, 15) is 4.79 Å². The molecule has 0 aromatic carbocycles. The summed E-state index contributed by atoms with van der Waals surface area (Å²) >= 11 is 0. The minimum atomic E-state index is -0.0735. The molecule has 3 heteroatoms. The van der Waals surface area contributed by atoms with Crippen LogP contribution >= 0.6 is 0 Å². The van der Waals surface area contributed by atoms with E-state index in [1.807, 2.05) is 0 Å². The van der Waals surface area contributed by atoms with Crippen molar-refractivity contribution in [1.82, 2.24) is 0 Å². The maximum Gasteiger partial charge on any atom is 0.305 e. The highest BCUT2D eigenvalue weighted by molar-refractivity contribution is 5.69. The van der Waals surface area contributed by atoms with Crippen molar-refractivity contribution in [3.05, 3.63) is 0 Å². The third-order valence-corrected chi connectivity index (χ3v) is 3.39. The lowest BCUT2D eigenvalue weighted by molar-refractivity contribution is -0.140. The maximum absolute atomic E-state index is 11.0. The second kappa shape index (κ2) is 4.30. The molecule has 0 aromatic rings. The summed E-state index contributed by atoms with van der Waals surface area (Å²) in [7, 11) is 1.46. The molecule has 2 atom stereocenters. The third kappa shape index (κ3) is 2.47. The second-order valence-electron chi connectivity index (χ2n) is 4.35. The third-order valence-electron chi connectivity index (χ3n) is 3.39. The van der Waals surface area contributed by atoms with E-state index in [-0.39, 0.29) is 5.97 Å². The van der Waals surface area contributed by atoms with Crippen molar-refractivity contribution in [2.75, 3.05) is 7.11 Å². The second-order valence-corrected chi connectivity index (χ2v) is 4.35. The molecular weight excluding hydrogens is 180 g/mol. The fourth-order valence-corrected chi connectivity index (χ4v) is 2.34. The van der Waals surface area contributed by atoms with Crippen LogP contribution in [0.15, 0.2) is 0 Å². The van der Waals surface area contributed by atoms with Gasteiger partial charge in [0.2, 0.25) is 0 Å². The molecule has 14 heavy (non-hydrogen) atoms. The number of carbonyl (C=O) groups excluding carboxylic acids is 1. The zero-order valence-electron chi connectivity index (χ0n) is 8.70. The standard InChI is InChI=1S/C11H18O3/c1-13-11(12)7-4-8-2-5-9-10(14-9)6-3-8/h8-10H,2-7H2,1H3. The van der Waals surface area contributed by atoms with Gasteiger partial charge in [0.25, 0.3) is 0 Å². The van der Waals surface area contributed by atoms with Gasteiger partial charge < -0.3 is 9.47 Å². The summed E-state index contributed by atoms with van der Waals surface area (Å²) in [4.78, 5) is 11.0. The SMILES string of the molecule is COC(=O)CCC1CCC2OC2CC1. The molecule has 3 nitrogen and oxygen atoms in total. The first-order chi connectivity index (χ1) is 6.79. The lowest BCUT2D eigenvalue weighted by Gasteiger charge is -2.13. The lowest BCUT2D eigenvalue weighted by atomic mass is 9.95. The van der Waals surface area contributed by atoms with Crippen LogP contribution in [0, 0.1) is 5.92 Å². The van der Waals surface area contributed by atoms with Crippen molar-refractivity contribution in [3.63, 3.8) is 0 Å². The first kappa shape index (κ1) is 9.97. The molecule has 0 amide bonds. The molecule has 0 N–H and O–H groups in total. The molecule has 0 bridgehead atoms. The largest absolute Gasteiger partial charge is 0.469 e. The number of fused-ring (bicyclic) bond motifs is 1. The lowest BCUT2D eigenvalue weighted by Crippen LogP contribution is -2.06.